The molecule has 0 amide bonds. The monoisotopic (exact) mass is 618 g/mol. The van der Waals surface area contributed by atoms with Crippen LogP contribution in [0.5, 0.6) is 17.2 Å². The minimum atomic E-state index is -0.423. The highest BCUT2D eigenvalue weighted by Gasteiger charge is 2.42. The van der Waals surface area contributed by atoms with Gasteiger partial charge in [0.2, 0.25) is 6.23 Å². The molecule has 3 aromatic rings. The molecule has 2 unspecified atom stereocenters. The van der Waals surface area contributed by atoms with Gasteiger partial charge >= 0.3 is 0 Å². The third-order valence-corrected chi connectivity index (χ3v) is 7.51. The van der Waals surface area contributed by atoms with E-state index in [1.54, 1.807) is 7.11 Å². The second kappa shape index (κ2) is 10.4. The Labute approximate surface area is 227 Å². The van der Waals surface area contributed by atoms with Gasteiger partial charge in [-0.3, -0.25) is 0 Å². The molecule has 0 fully saturated rings. The number of hydrogen-bond acceptors (Lipinski definition) is 5. The first-order valence-electron chi connectivity index (χ1n) is 11.6. The van der Waals surface area contributed by atoms with Crippen molar-refractivity contribution in [3.05, 3.63) is 85.3 Å². The molecular weight excluding hydrogens is 596 g/mol. The lowest BCUT2D eigenvalue weighted by Crippen LogP contribution is -2.34. The Morgan fingerprint density at radius 3 is 2.63 bits per heavy atom. The van der Waals surface area contributed by atoms with Gasteiger partial charge in [-0.1, -0.05) is 53.0 Å². The van der Waals surface area contributed by atoms with Gasteiger partial charge in [-0.25, -0.2) is 5.01 Å². The molecule has 0 bridgehead atoms. The molecule has 182 valence electrons. The zero-order chi connectivity index (χ0) is 24.5. The van der Waals surface area contributed by atoms with E-state index in [-0.39, 0.29) is 6.04 Å². The van der Waals surface area contributed by atoms with Gasteiger partial charge in [0.15, 0.2) is 11.5 Å². The Hall–Kier alpha value is -2.22. The number of halogens is 3. The molecule has 2 heterocycles. The number of rotatable bonds is 7. The maximum Gasteiger partial charge on any atom is 0.214 e. The van der Waals surface area contributed by atoms with Crippen LogP contribution in [-0.2, 0) is 0 Å². The summed E-state index contributed by atoms with van der Waals surface area (Å²) in [6.45, 7) is 2.80. The predicted octanol–water partition coefficient (Wildman–Crippen LogP) is 8.29. The Morgan fingerprint density at radius 1 is 1.09 bits per heavy atom. The van der Waals surface area contributed by atoms with Crippen LogP contribution in [0.25, 0.3) is 0 Å². The normalized spacial score (nSPS) is 18.4. The first-order valence-corrected chi connectivity index (χ1v) is 13.5. The van der Waals surface area contributed by atoms with E-state index in [9.17, 15) is 0 Å². The highest BCUT2D eigenvalue weighted by Crippen LogP contribution is 2.51. The number of hydrogen-bond donors (Lipinski definition) is 0. The second-order valence-corrected chi connectivity index (χ2v) is 10.7. The van der Waals surface area contributed by atoms with Crippen LogP contribution in [0.4, 0.5) is 0 Å². The van der Waals surface area contributed by atoms with Gasteiger partial charge in [-0.05, 0) is 70.4 Å². The van der Waals surface area contributed by atoms with E-state index in [4.69, 9.17) is 30.9 Å². The molecule has 8 heteroatoms. The topological polar surface area (TPSA) is 43.3 Å². The van der Waals surface area contributed by atoms with Gasteiger partial charge in [-0.2, -0.15) is 5.10 Å². The maximum atomic E-state index is 6.59. The summed E-state index contributed by atoms with van der Waals surface area (Å²) < 4.78 is 20.1. The number of hydrazone groups is 1. The van der Waals surface area contributed by atoms with Crippen molar-refractivity contribution in [2.24, 2.45) is 5.10 Å². The van der Waals surface area contributed by atoms with Crippen LogP contribution in [-0.4, -0.2) is 24.4 Å². The number of benzene rings is 3. The zero-order valence-corrected chi connectivity index (χ0v) is 23.4. The Morgan fingerprint density at radius 2 is 1.89 bits per heavy atom. The number of nitrogens with zero attached hydrogens (tertiary/aromatic N) is 2. The second-order valence-electron chi connectivity index (χ2n) is 8.54. The van der Waals surface area contributed by atoms with E-state index in [1.165, 1.54) is 0 Å². The van der Waals surface area contributed by atoms with Crippen LogP contribution in [0.2, 0.25) is 5.02 Å². The van der Waals surface area contributed by atoms with Crippen molar-refractivity contribution in [3.8, 4) is 17.2 Å². The molecule has 0 N–H and O–H groups in total. The molecule has 0 saturated heterocycles. The molecule has 5 rings (SSSR count). The summed E-state index contributed by atoms with van der Waals surface area (Å²) in [6.07, 6.45) is 2.40. The third-order valence-electron chi connectivity index (χ3n) is 6.21. The van der Waals surface area contributed by atoms with E-state index in [1.807, 2.05) is 48.5 Å². The molecule has 2 aliphatic heterocycles. The summed E-state index contributed by atoms with van der Waals surface area (Å²) in [5, 5.41) is 7.80. The minimum absolute atomic E-state index is 0.0229. The van der Waals surface area contributed by atoms with E-state index in [0.717, 1.165) is 62.1 Å². The number of fused-ring (bicyclic) bond motifs is 3. The van der Waals surface area contributed by atoms with E-state index in [2.05, 4.69) is 49.9 Å². The molecule has 0 radical (unpaired) electrons. The fourth-order valence-electron chi connectivity index (χ4n) is 4.43. The van der Waals surface area contributed by atoms with Crippen molar-refractivity contribution in [3.63, 3.8) is 0 Å². The average Bonchev–Trinajstić information content (AvgIpc) is 3.30. The van der Waals surface area contributed by atoms with Gasteiger partial charge < -0.3 is 14.2 Å². The lowest BCUT2D eigenvalue weighted by atomic mass is 9.96. The van der Waals surface area contributed by atoms with Crippen molar-refractivity contribution in [2.75, 3.05) is 13.7 Å². The van der Waals surface area contributed by atoms with Crippen molar-refractivity contribution in [2.45, 2.75) is 38.5 Å². The highest BCUT2D eigenvalue weighted by molar-refractivity contribution is 9.11. The van der Waals surface area contributed by atoms with Gasteiger partial charge in [-0.15, -0.1) is 0 Å². The molecule has 3 aromatic carbocycles. The van der Waals surface area contributed by atoms with Crippen LogP contribution >= 0.6 is 43.5 Å². The van der Waals surface area contributed by atoms with E-state index in [0.29, 0.717) is 17.4 Å². The molecule has 0 aromatic heterocycles. The van der Waals surface area contributed by atoms with Crippen molar-refractivity contribution in [1.29, 1.82) is 0 Å². The van der Waals surface area contributed by atoms with E-state index >= 15 is 0 Å². The van der Waals surface area contributed by atoms with Crippen molar-refractivity contribution in [1.82, 2.24) is 5.01 Å². The van der Waals surface area contributed by atoms with E-state index < -0.39 is 6.23 Å². The summed E-state index contributed by atoms with van der Waals surface area (Å²) in [4.78, 5) is 0. The molecule has 35 heavy (non-hydrogen) atoms. The highest BCUT2D eigenvalue weighted by atomic mass is 79.9. The largest absolute Gasteiger partial charge is 0.493 e. The van der Waals surface area contributed by atoms with Crippen LogP contribution in [0.1, 0.15) is 55.1 Å². The Balaban J connectivity index is 1.55. The van der Waals surface area contributed by atoms with Crippen molar-refractivity contribution < 1.29 is 14.2 Å². The maximum absolute atomic E-state index is 6.59. The third kappa shape index (κ3) is 4.91. The van der Waals surface area contributed by atoms with Gasteiger partial charge in [0.25, 0.3) is 0 Å². The van der Waals surface area contributed by atoms with Crippen LogP contribution in [0, 0.1) is 0 Å². The minimum Gasteiger partial charge on any atom is -0.493 e. The summed E-state index contributed by atoms with van der Waals surface area (Å²) in [5.74, 6) is 2.24. The molecular formula is C27H25Br2ClN2O3. The first-order chi connectivity index (χ1) is 17.0. The molecule has 0 spiro atoms. The first kappa shape index (κ1) is 24.5. The van der Waals surface area contributed by atoms with Gasteiger partial charge in [0.1, 0.15) is 5.75 Å². The van der Waals surface area contributed by atoms with Crippen molar-refractivity contribution >= 4 is 49.2 Å². The van der Waals surface area contributed by atoms with Crippen LogP contribution in [0.15, 0.2) is 68.6 Å². The molecule has 0 aliphatic carbocycles. The predicted molar refractivity (Wildman–Crippen MR) is 146 cm³/mol. The smallest absolute Gasteiger partial charge is 0.214 e. The quantitative estimate of drug-likeness (QED) is 0.249. The fourth-order valence-corrected chi connectivity index (χ4v) is 5.91. The molecule has 2 aliphatic rings. The lowest BCUT2D eigenvalue weighted by Gasteiger charge is -2.38. The summed E-state index contributed by atoms with van der Waals surface area (Å²) in [6, 6.07) is 17.9. The summed E-state index contributed by atoms with van der Waals surface area (Å²) in [7, 11) is 1.66. The van der Waals surface area contributed by atoms with Gasteiger partial charge in [0, 0.05) is 27.0 Å². The Kier molecular flexibility index (Phi) is 7.28. The standard InChI is InChI=1S/C27H25Br2ClN2O3/c1-3-4-11-34-24-10-7-17(12-25(24)33-2)27-32-23(20-13-18(28)14-21(29)26(20)35-27)15-22(31-32)16-5-8-19(30)9-6-16/h5-10,12-14,23,27H,3-4,11,15H2,1-2H3. The fraction of sp³-hybridized carbons (Fsp3) is 0.296. The van der Waals surface area contributed by atoms with Crippen LogP contribution in [0.3, 0.4) is 0 Å². The summed E-state index contributed by atoms with van der Waals surface area (Å²) >= 11 is 13.5. The SMILES string of the molecule is CCCCOc1ccc(C2Oc3c(Br)cc(Br)cc3C3CC(c4ccc(Cl)cc4)=NN32)cc1OC. The molecule has 0 saturated carbocycles. The number of ether oxygens (including phenoxy) is 3. The Bertz CT molecular complexity index is 1270. The molecule has 5 nitrogen and oxygen atoms in total. The summed E-state index contributed by atoms with van der Waals surface area (Å²) in [5.41, 5.74) is 4.07. The average molecular weight is 621 g/mol. The zero-order valence-electron chi connectivity index (χ0n) is 19.4. The number of unbranched alkanes of at least 4 members (excludes halogenated alkanes) is 1. The van der Waals surface area contributed by atoms with Gasteiger partial charge in [0.05, 0.1) is 29.9 Å². The van der Waals surface area contributed by atoms with Crippen LogP contribution < -0.4 is 14.2 Å². The molecule has 2 atom stereocenters. The lowest BCUT2D eigenvalue weighted by molar-refractivity contribution is -0.0198. The number of methoxy groups -OCH3 is 1.